The van der Waals surface area contributed by atoms with Crippen molar-refractivity contribution in [3.8, 4) is 5.75 Å². The number of rotatable bonds is 5. The van der Waals surface area contributed by atoms with Crippen LogP contribution in [0.1, 0.15) is 30.6 Å². The van der Waals surface area contributed by atoms with Crippen molar-refractivity contribution in [1.82, 2.24) is 4.90 Å². The molecule has 1 rings (SSSR count). The molecular formula is C14H20N2O4. The number of carbonyl (C=O) groups excluding carboxylic acids is 1. The minimum atomic E-state index is -1.21. The Balaban J connectivity index is 2.66. The van der Waals surface area contributed by atoms with Gasteiger partial charge in [0, 0.05) is 25.3 Å². The predicted molar refractivity (Wildman–Crippen MR) is 76.2 cm³/mol. The summed E-state index contributed by atoms with van der Waals surface area (Å²) in [5, 5.41) is 20.9. The topological polar surface area (TPSA) is 89.9 Å². The van der Waals surface area contributed by atoms with E-state index in [1.165, 1.54) is 18.2 Å². The highest BCUT2D eigenvalue weighted by atomic mass is 16.4. The molecule has 20 heavy (non-hydrogen) atoms. The van der Waals surface area contributed by atoms with Gasteiger partial charge in [0.15, 0.2) is 0 Å². The first-order valence-electron chi connectivity index (χ1n) is 6.39. The summed E-state index contributed by atoms with van der Waals surface area (Å²) in [5.41, 5.74) is 0.157. The summed E-state index contributed by atoms with van der Waals surface area (Å²) in [6, 6.07) is 3.62. The molecule has 0 aliphatic heterocycles. The lowest BCUT2D eigenvalue weighted by Gasteiger charge is -2.19. The standard InChI is InChI=1S/C14H20N2O4/c1-9(2)6-7-16(3)14(20)15-10-4-5-11(13(18)19)12(17)8-10/h4-5,8-9,17H,6-7H2,1-3H3,(H,15,20)(H,18,19). The van der Waals surface area contributed by atoms with Crippen LogP contribution in [0.15, 0.2) is 18.2 Å². The lowest BCUT2D eigenvalue weighted by molar-refractivity contribution is 0.0694. The molecule has 0 unspecified atom stereocenters. The Hall–Kier alpha value is -2.24. The third-order valence-corrected chi connectivity index (χ3v) is 2.87. The van der Waals surface area contributed by atoms with Gasteiger partial charge in [0.1, 0.15) is 11.3 Å². The number of benzene rings is 1. The van der Waals surface area contributed by atoms with E-state index in [9.17, 15) is 14.7 Å². The van der Waals surface area contributed by atoms with Gasteiger partial charge >= 0.3 is 12.0 Å². The number of nitrogens with one attached hydrogen (secondary N) is 1. The maximum absolute atomic E-state index is 11.9. The number of aromatic hydroxyl groups is 1. The van der Waals surface area contributed by atoms with Gasteiger partial charge < -0.3 is 20.4 Å². The van der Waals surface area contributed by atoms with Crippen molar-refractivity contribution in [2.24, 2.45) is 5.92 Å². The second kappa shape index (κ2) is 6.79. The first kappa shape index (κ1) is 15.8. The first-order valence-corrected chi connectivity index (χ1v) is 6.39. The Labute approximate surface area is 118 Å². The normalized spacial score (nSPS) is 10.4. The number of aromatic carboxylic acids is 1. The van der Waals surface area contributed by atoms with Gasteiger partial charge in [-0.15, -0.1) is 0 Å². The summed E-state index contributed by atoms with van der Waals surface area (Å²) in [7, 11) is 1.68. The minimum Gasteiger partial charge on any atom is -0.507 e. The summed E-state index contributed by atoms with van der Waals surface area (Å²) in [4.78, 5) is 24.2. The maximum atomic E-state index is 11.9. The molecule has 0 heterocycles. The number of carbonyl (C=O) groups is 2. The number of hydrogen-bond donors (Lipinski definition) is 3. The van der Waals surface area contributed by atoms with Crippen LogP contribution in [0.2, 0.25) is 0 Å². The highest BCUT2D eigenvalue weighted by molar-refractivity contribution is 5.93. The molecule has 0 aliphatic rings. The minimum absolute atomic E-state index is 0.198. The highest BCUT2D eigenvalue weighted by Crippen LogP contribution is 2.22. The lowest BCUT2D eigenvalue weighted by atomic mass is 10.1. The zero-order chi connectivity index (χ0) is 15.3. The summed E-state index contributed by atoms with van der Waals surface area (Å²) < 4.78 is 0. The van der Waals surface area contributed by atoms with Crippen LogP contribution in [0.3, 0.4) is 0 Å². The number of anilines is 1. The molecule has 0 radical (unpaired) electrons. The van der Waals surface area contributed by atoms with Crippen LogP contribution in [0.5, 0.6) is 5.75 Å². The molecule has 0 fully saturated rings. The smallest absolute Gasteiger partial charge is 0.339 e. The average molecular weight is 280 g/mol. The molecule has 0 aliphatic carbocycles. The summed E-state index contributed by atoms with van der Waals surface area (Å²) in [6.45, 7) is 4.78. The largest absolute Gasteiger partial charge is 0.507 e. The quantitative estimate of drug-likeness (QED) is 0.773. The Kier molecular flexibility index (Phi) is 5.37. The number of carboxylic acids is 1. The van der Waals surface area contributed by atoms with Crippen LogP contribution in [-0.4, -0.2) is 40.7 Å². The van der Waals surface area contributed by atoms with Crippen LogP contribution >= 0.6 is 0 Å². The number of amides is 2. The fourth-order valence-electron chi connectivity index (χ4n) is 1.56. The maximum Gasteiger partial charge on any atom is 0.339 e. The fourth-order valence-corrected chi connectivity index (χ4v) is 1.56. The third kappa shape index (κ3) is 4.46. The number of urea groups is 1. The van der Waals surface area contributed by atoms with Crippen molar-refractivity contribution in [3.63, 3.8) is 0 Å². The van der Waals surface area contributed by atoms with Crippen molar-refractivity contribution in [2.75, 3.05) is 18.9 Å². The van der Waals surface area contributed by atoms with Gasteiger partial charge in [-0.1, -0.05) is 13.8 Å². The highest BCUT2D eigenvalue weighted by Gasteiger charge is 2.13. The van der Waals surface area contributed by atoms with Crippen LogP contribution in [-0.2, 0) is 0 Å². The molecule has 0 bridgehead atoms. The Bertz CT molecular complexity index is 500. The molecule has 110 valence electrons. The second-order valence-corrected chi connectivity index (χ2v) is 5.07. The van der Waals surface area contributed by atoms with Crippen molar-refractivity contribution in [1.29, 1.82) is 0 Å². The van der Waals surface area contributed by atoms with Crippen molar-refractivity contribution in [3.05, 3.63) is 23.8 Å². The average Bonchev–Trinajstić information content (AvgIpc) is 2.35. The molecule has 6 nitrogen and oxygen atoms in total. The van der Waals surface area contributed by atoms with Gasteiger partial charge in [-0.05, 0) is 24.5 Å². The van der Waals surface area contributed by atoms with Crippen LogP contribution in [0.4, 0.5) is 10.5 Å². The number of nitrogens with zero attached hydrogens (tertiary/aromatic N) is 1. The Morgan fingerprint density at radius 3 is 2.50 bits per heavy atom. The van der Waals surface area contributed by atoms with E-state index in [-0.39, 0.29) is 17.3 Å². The molecule has 2 amide bonds. The van der Waals surface area contributed by atoms with E-state index in [1.807, 2.05) is 0 Å². The summed E-state index contributed by atoms with van der Waals surface area (Å²) >= 11 is 0. The molecular weight excluding hydrogens is 260 g/mol. The first-order chi connectivity index (χ1) is 9.31. The van der Waals surface area contributed by atoms with Gasteiger partial charge in [0.05, 0.1) is 0 Å². The number of carboxylic acid groups (broad SMARTS) is 1. The van der Waals surface area contributed by atoms with Gasteiger partial charge in [-0.2, -0.15) is 0 Å². The van der Waals surface area contributed by atoms with Gasteiger partial charge in [0.2, 0.25) is 0 Å². The molecule has 1 aromatic rings. The molecule has 3 N–H and O–H groups in total. The SMILES string of the molecule is CC(C)CCN(C)C(=O)Nc1ccc(C(=O)O)c(O)c1. The molecule has 0 saturated heterocycles. The van der Waals surface area contributed by atoms with Gasteiger partial charge in [0.25, 0.3) is 0 Å². The second-order valence-electron chi connectivity index (χ2n) is 5.07. The molecule has 6 heteroatoms. The van der Waals surface area contributed by atoms with Crippen molar-refractivity contribution < 1.29 is 19.8 Å². The number of phenols is 1. The fraction of sp³-hybridized carbons (Fsp3) is 0.429. The summed E-state index contributed by atoms with van der Waals surface area (Å²) in [6.07, 6.45) is 0.896. The Morgan fingerprint density at radius 2 is 2.00 bits per heavy atom. The molecule has 0 aromatic heterocycles. The third-order valence-electron chi connectivity index (χ3n) is 2.87. The van der Waals surface area contributed by atoms with Crippen molar-refractivity contribution in [2.45, 2.75) is 20.3 Å². The summed E-state index contributed by atoms with van der Waals surface area (Å²) in [5.74, 6) is -1.08. The van der Waals surface area contributed by atoms with E-state index < -0.39 is 5.97 Å². The van der Waals surface area contributed by atoms with E-state index >= 15 is 0 Å². The van der Waals surface area contributed by atoms with Crippen LogP contribution < -0.4 is 5.32 Å². The number of hydrogen-bond acceptors (Lipinski definition) is 3. The van der Waals surface area contributed by atoms with E-state index in [1.54, 1.807) is 11.9 Å². The van der Waals surface area contributed by atoms with E-state index in [4.69, 9.17) is 5.11 Å². The molecule has 0 atom stereocenters. The van der Waals surface area contributed by atoms with Crippen LogP contribution in [0, 0.1) is 5.92 Å². The van der Waals surface area contributed by atoms with Crippen LogP contribution in [0.25, 0.3) is 0 Å². The monoisotopic (exact) mass is 280 g/mol. The van der Waals surface area contributed by atoms with E-state index in [0.29, 0.717) is 18.2 Å². The van der Waals surface area contributed by atoms with E-state index in [2.05, 4.69) is 19.2 Å². The van der Waals surface area contributed by atoms with Gasteiger partial charge in [-0.3, -0.25) is 0 Å². The molecule has 1 aromatic carbocycles. The van der Waals surface area contributed by atoms with Gasteiger partial charge in [-0.25, -0.2) is 9.59 Å². The Morgan fingerprint density at radius 1 is 1.35 bits per heavy atom. The van der Waals surface area contributed by atoms with Crippen molar-refractivity contribution >= 4 is 17.7 Å². The van der Waals surface area contributed by atoms with E-state index in [0.717, 1.165) is 6.42 Å². The molecule has 0 spiro atoms. The molecule has 0 saturated carbocycles. The zero-order valence-corrected chi connectivity index (χ0v) is 11.9. The zero-order valence-electron chi connectivity index (χ0n) is 11.9. The predicted octanol–water partition coefficient (Wildman–Crippen LogP) is 2.60. The lowest BCUT2D eigenvalue weighted by Crippen LogP contribution is -2.32.